The molecule has 2 heterocycles. The Kier molecular flexibility index (Phi) is 2.82. The summed E-state index contributed by atoms with van der Waals surface area (Å²) in [6.45, 7) is 3.02. The summed E-state index contributed by atoms with van der Waals surface area (Å²) in [5, 5.41) is 10.5. The van der Waals surface area contributed by atoms with Crippen molar-refractivity contribution in [2.45, 2.75) is 13.5 Å². The molecular formula is C15H12N5S. The summed E-state index contributed by atoms with van der Waals surface area (Å²) in [4.78, 5) is 5.74. The van der Waals surface area contributed by atoms with Gasteiger partial charge in [0, 0.05) is 12.6 Å². The molecule has 0 aliphatic rings. The van der Waals surface area contributed by atoms with Crippen LogP contribution >= 0.6 is 11.3 Å². The second-order valence-electron chi connectivity index (χ2n) is 4.64. The van der Waals surface area contributed by atoms with E-state index in [1.165, 1.54) is 10.2 Å². The number of nitrogens with zero attached hydrogens (tertiary/aromatic N) is 4. The molecule has 0 amide bonds. The lowest BCUT2D eigenvalue weighted by Gasteiger charge is -1.99. The van der Waals surface area contributed by atoms with E-state index in [1.807, 2.05) is 12.1 Å². The van der Waals surface area contributed by atoms with Crippen LogP contribution in [0.2, 0.25) is 0 Å². The number of thiazole rings is 1. The van der Waals surface area contributed by atoms with Crippen LogP contribution < -0.4 is 4.80 Å². The van der Waals surface area contributed by atoms with Crippen LogP contribution in [0.4, 0.5) is 5.69 Å². The van der Waals surface area contributed by atoms with Gasteiger partial charge in [0.25, 0.3) is 0 Å². The van der Waals surface area contributed by atoms with E-state index in [0.29, 0.717) is 0 Å². The van der Waals surface area contributed by atoms with E-state index < -0.39 is 0 Å². The molecule has 2 aromatic heterocycles. The van der Waals surface area contributed by atoms with E-state index in [4.69, 9.17) is 4.99 Å². The molecule has 4 aromatic rings. The summed E-state index contributed by atoms with van der Waals surface area (Å²) in [6, 6.07) is 15.2. The molecule has 1 N–H and O–H groups in total. The summed E-state index contributed by atoms with van der Waals surface area (Å²) in [5.74, 6) is 0. The van der Waals surface area contributed by atoms with Crippen molar-refractivity contribution in [2.75, 3.05) is 0 Å². The van der Waals surface area contributed by atoms with Crippen molar-refractivity contribution in [2.24, 2.45) is 4.99 Å². The Labute approximate surface area is 124 Å². The fourth-order valence-electron chi connectivity index (χ4n) is 2.36. The van der Waals surface area contributed by atoms with Gasteiger partial charge in [0.2, 0.25) is 0 Å². The number of aryl methyl sites for hydroxylation is 1. The van der Waals surface area contributed by atoms with E-state index in [0.717, 1.165) is 28.1 Å². The first-order chi connectivity index (χ1) is 10.3. The lowest BCUT2D eigenvalue weighted by Crippen LogP contribution is -2.12. The molecule has 0 unspecified atom stereocenters. The number of nitrogens with one attached hydrogen (secondary N) is 1. The number of benzene rings is 2. The Morgan fingerprint density at radius 2 is 2.29 bits per heavy atom. The highest BCUT2D eigenvalue weighted by molar-refractivity contribution is 7.16. The average molecular weight is 294 g/mol. The largest absolute Gasteiger partial charge is 0.317 e. The van der Waals surface area contributed by atoms with Gasteiger partial charge >= 0.3 is 0 Å². The van der Waals surface area contributed by atoms with Gasteiger partial charge in [-0.25, -0.2) is 4.99 Å². The molecule has 103 valence electrons. The fourth-order valence-corrected chi connectivity index (χ4v) is 3.48. The number of para-hydroxylation sites is 1. The van der Waals surface area contributed by atoms with E-state index in [2.05, 4.69) is 57.2 Å². The maximum Gasteiger partial charge on any atom is 0.190 e. The molecule has 4 rings (SSSR count). The van der Waals surface area contributed by atoms with Crippen LogP contribution in [0, 0.1) is 6.07 Å². The third kappa shape index (κ3) is 2.04. The van der Waals surface area contributed by atoms with Crippen LogP contribution in [-0.2, 0) is 6.54 Å². The molecule has 0 aliphatic heterocycles. The number of hydrogen-bond donors (Lipinski definition) is 1. The highest BCUT2D eigenvalue weighted by Gasteiger charge is 2.04. The van der Waals surface area contributed by atoms with Crippen molar-refractivity contribution in [3.05, 3.63) is 47.3 Å². The summed E-state index contributed by atoms with van der Waals surface area (Å²) in [7, 11) is 0. The molecule has 0 bridgehead atoms. The molecule has 0 saturated carbocycles. The van der Waals surface area contributed by atoms with Crippen LogP contribution in [0.5, 0.6) is 0 Å². The van der Waals surface area contributed by atoms with Gasteiger partial charge in [0.15, 0.2) is 4.80 Å². The summed E-state index contributed by atoms with van der Waals surface area (Å²) < 4.78 is 3.46. The molecule has 2 aromatic carbocycles. The highest BCUT2D eigenvalue weighted by atomic mass is 32.1. The minimum absolute atomic E-state index is 0.730. The zero-order valence-electron chi connectivity index (χ0n) is 11.4. The van der Waals surface area contributed by atoms with Gasteiger partial charge in [-0.05, 0) is 31.2 Å². The number of H-pyrrole nitrogens is 1. The minimum atomic E-state index is 0.730. The van der Waals surface area contributed by atoms with Gasteiger partial charge in [-0.15, -0.1) is 5.10 Å². The van der Waals surface area contributed by atoms with E-state index in [1.54, 1.807) is 11.3 Å². The van der Waals surface area contributed by atoms with Crippen molar-refractivity contribution in [3.8, 4) is 0 Å². The Balaban J connectivity index is 1.95. The van der Waals surface area contributed by atoms with Gasteiger partial charge in [0.1, 0.15) is 5.52 Å². The van der Waals surface area contributed by atoms with E-state index in [-0.39, 0.29) is 0 Å². The molecule has 0 spiro atoms. The van der Waals surface area contributed by atoms with Crippen molar-refractivity contribution in [1.82, 2.24) is 20.0 Å². The van der Waals surface area contributed by atoms with Crippen molar-refractivity contribution in [3.63, 3.8) is 0 Å². The molecule has 1 radical (unpaired) electrons. The van der Waals surface area contributed by atoms with Crippen LogP contribution in [0.1, 0.15) is 6.92 Å². The first-order valence-electron chi connectivity index (χ1n) is 6.71. The molecule has 0 atom stereocenters. The predicted molar refractivity (Wildman–Crippen MR) is 83.4 cm³/mol. The Morgan fingerprint density at radius 3 is 3.19 bits per heavy atom. The third-order valence-corrected chi connectivity index (χ3v) is 4.41. The third-order valence-electron chi connectivity index (χ3n) is 3.35. The summed E-state index contributed by atoms with van der Waals surface area (Å²) >= 11 is 1.69. The molecular weight excluding hydrogens is 282 g/mol. The second-order valence-corrected chi connectivity index (χ2v) is 5.65. The van der Waals surface area contributed by atoms with Gasteiger partial charge in [-0.3, -0.25) is 5.10 Å². The molecule has 0 aliphatic carbocycles. The topological polar surface area (TPSA) is 58.9 Å². The van der Waals surface area contributed by atoms with Gasteiger partial charge in [-0.1, -0.05) is 28.7 Å². The quantitative estimate of drug-likeness (QED) is 0.618. The first kappa shape index (κ1) is 12.3. The summed E-state index contributed by atoms with van der Waals surface area (Å²) in [6.07, 6.45) is 0. The van der Waals surface area contributed by atoms with Crippen LogP contribution in [-0.4, -0.2) is 20.0 Å². The lowest BCUT2D eigenvalue weighted by atomic mass is 10.3. The highest BCUT2D eigenvalue weighted by Crippen LogP contribution is 2.20. The molecule has 21 heavy (non-hydrogen) atoms. The smallest absolute Gasteiger partial charge is 0.190 e. The SMILES string of the molecule is CCn1/c(=N/c2c[c]c3nn[nH]c3c2)sc2ccccc21. The van der Waals surface area contributed by atoms with Crippen LogP contribution in [0.3, 0.4) is 0 Å². The Morgan fingerprint density at radius 1 is 1.38 bits per heavy atom. The zero-order chi connectivity index (χ0) is 14.2. The van der Waals surface area contributed by atoms with Gasteiger partial charge in [0.05, 0.1) is 21.4 Å². The zero-order valence-corrected chi connectivity index (χ0v) is 12.2. The number of hydrogen-bond acceptors (Lipinski definition) is 4. The van der Waals surface area contributed by atoms with Gasteiger partial charge < -0.3 is 4.57 Å². The number of fused-ring (bicyclic) bond motifs is 2. The van der Waals surface area contributed by atoms with Gasteiger partial charge in [-0.2, -0.15) is 0 Å². The Bertz CT molecular complexity index is 992. The number of aromatic nitrogens is 4. The minimum Gasteiger partial charge on any atom is -0.317 e. The maximum absolute atomic E-state index is 4.75. The van der Waals surface area contributed by atoms with E-state index in [9.17, 15) is 0 Å². The standard InChI is InChI=1S/C15H12N5S/c1-2-20-13-5-3-4-6-14(13)21-15(20)16-10-7-8-11-12(9-10)18-19-17-11/h3-7,9H,2H2,1H3,(H,17,18,19)/b16-15-. The predicted octanol–water partition coefficient (Wildman–Crippen LogP) is 3.03. The molecule has 5 nitrogen and oxygen atoms in total. The molecule has 0 fully saturated rings. The van der Waals surface area contributed by atoms with E-state index >= 15 is 0 Å². The monoisotopic (exact) mass is 294 g/mol. The second kappa shape index (κ2) is 4.82. The van der Waals surface area contributed by atoms with Crippen molar-refractivity contribution < 1.29 is 0 Å². The normalized spacial score (nSPS) is 12.5. The van der Waals surface area contributed by atoms with Crippen LogP contribution in [0.15, 0.2) is 41.4 Å². The summed E-state index contributed by atoms with van der Waals surface area (Å²) in [5.41, 5.74) is 3.65. The number of rotatable bonds is 2. The lowest BCUT2D eigenvalue weighted by molar-refractivity contribution is 0.765. The molecule has 6 heteroatoms. The fraction of sp³-hybridized carbons (Fsp3) is 0.133. The number of aromatic amines is 1. The van der Waals surface area contributed by atoms with Crippen molar-refractivity contribution >= 4 is 38.3 Å². The van der Waals surface area contributed by atoms with Crippen molar-refractivity contribution in [1.29, 1.82) is 0 Å². The van der Waals surface area contributed by atoms with Crippen LogP contribution in [0.25, 0.3) is 21.3 Å². The maximum atomic E-state index is 4.75. The first-order valence-corrected chi connectivity index (χ1v) is 7.52. The Hall–Kier alpha value is -2.47. The average Bonchev–Trinajstić information content (AvgIpc) is 3.10. The molecule has 0 saturated heterocycles.